The van der Waals surface area contributed by atoms with E-state index in [-0.39, 0.29) is 0 Å². The van der Waals surface area contributed by atoms with Crippen LogP contribution in [-0.4, -0.2) is 17.3 Å². The van der Waals surface area contributed by atoms with Crippen LogP contribution in [0.15, 0.2) is 36.4 Å². The van der Waals surface area contributed by atoms with Crippen molar-refractivity contribution in [3.05, 3.63) is 42.0 Å². The van der Waals surface area contributed by atoms with E-state index in [1.54, 1.807) is 19.2 Å². The molecule has 2 aromatic rings. The molecule has 0 spiro atoms. The van der Waals surface area contributed by atoms with Crippen LogP contribution in [0.1, 0.15) is 5.56 Å². The van der Waals surface area contributed by atoms with E-state index in [0.717, 1.165) is 5.56 Å². The highest BCUT2D eigenvalue weighted by Crippen LogP contribution is 2.20. The first kappa shape index (κ1) is 11.3. The molecule has 5 nitrogen and oxygen atoms in total. The molecular formula is C12H13N3O2. The summed E-state index contributed by atoms with van der Waals surface area (Å²) in [5.74, 6) is 1.47. The minimum Gasteiger partial charge on any atom is -0.438 e. The molecule has 0 aliphatic rings. The fraction of sp³-hybridized carbons (Fsp3) is 0.167. The number of nitrogen functional groups attached to an aromatic ring is 1. The molecule has 0 unspecified atom stereocenters. The van der Waals surface area contributed by atoms with Gasteiger partial charge in [0.1, 0.15) is 11.6 Å². The zero-order valence-electron chi connectivity index (χ0n) is 9.46. The Morgan fingerprint density at radius 2 is 2.06 bits per heavy atom. The summed E-state index contributed by atoms with van der Waals surface area (Å²) >= 11 is 0. The number of benzene rings is 1. The van der Waals surface area contributed by atoms with E-state index in [1.165, 1.54) is 0 Å². The van der Waals surface area contributed by atoms with Crippen molar-refractivity contribution < 1.29 is 9.47 Å². The van der Waals surface area contributed by atoms with Gasteiger partial charge in [-0.2, -0.15) is 0 Å². The van der Waals surface area contributed by atoms with E-state index in [9.17, 15) is 0 Å². The molecule has 1 aromatic carbocycles. The third-order valence-electron chi connectivity index (χ3n) is 2.09. The van der Waals surface area contributed by atoms with Crippen LogP contribution in [0.3, 0.4) is 0 Å². The first-order chi connectivity index (χ1) is 8.28. The lowest BCUT2D eigenvalue weighted by molar-refractivity contribution is 0.184. The lowest BCUT2D eigenvalue weighted by Crippen LogP contribution is -1.95. The van der Waals surface area contributed by atoms with Gasteiger partial charge in [0.25, 0.3) is 0 Å². The van der Waals surface area contributed by atoms with E-state index in [4.69, 9.17) is 15.2 Å². The number of anilines is 1. The molecule has 0 saturated carbocycles. The average molecular weight is 231 g/mol. The van der Waals surface area contributed by atoms with Crippen LogP contribution in [-0.2, 0) is 11.3 Å². The predicted molar refractivity (Wildman–Crippen MR) is 63.7 cm³/mol. The monoisotopic (exact) mass is 231 g/mol. The lowest BCUT2D eigenvalue weighted by Gasteiger charge is -2.06. The average Bonchev–Trinajstić information content (AvgIpc) is 2.33. The van der Waals surface area contributed by atoms with Gasteiger partial charge in [-0.15, -0.1) is 10.2 Å². The molecule has 1 aromatic heterocycles. The highest BCUT2D eigenvalue weighted by molar-refractivity contribution is 5.33. The summed E-state index contributed by atoms with van der Waals surface area (Å²) in [5, 5.41) is 7.53. The first-order valence-electron chi connectivity index (χ1n) is 5.13. The van der Waals surface area contributed by atoms with Crippen LogP contribution in [0.4, 0.5) is 5.82 Å². The molecule has 2 rings (SSSR count). The van der Waals surface area contributed by atoms with Gasteiger partial charge in [0.05, 0.1) is 6.61 Å². The smallest absolute Gasteiger partial charge is 0.238 e. The van der Waals surface area contributed by atoms with Gasteiger partial charge < -0.3 is 15.2 Å². The standard InChI is InChI=1S/C12H13N3O2/c1-16-8-9-3-2-4-10(7-9)17-12-6-5-11(13)14-15-12/h2-7H,8H2,1H3,(H2,13,14). The van der Waals surface area contributed by atoms with Crippen molar-refractivity contribution in [3.8, 4) is 11.6 Å². The fourth-order valence-corrected chi connectivity index (χ4v) is 1.37. The molecule has 0 bridgehead atoms. The van der Waals surface area contributed by atoms with Crippen molar-refractivity contribution in [2.24, 2.45) is 0 Å². The summed E-state index contributed by atoms with van der Waals surface area (Å²) in [5.41, 5.74) is 6.47. The summed E-state index contributed by atoms with van der Waals surface area (Å²) in [4.78, 5) is 0. The second-order valence-electron chi connectivity index (χ2n) is 3.48. The number of aromatic nitrogens is 2. The second-order valence-corrected chi connectivity index (χ2v) is 3.48. The van der Waals surface area contributed by atoms with Crippen LogP contribution in [0, 0.1) is 0 Å². The summed E-state index contributed by atoms with van der Waals surface area (Å²) < 4.78 is 10.6. The van der Waals surface area contributed by atoms with E-state index in [0.29, 0.717) is 24.1 Å². The summed E-state index contributed by atoms with van der Waals surface area (Å²) in [6, 6.07) is 10.9. The summed E-state index contributed by atoms with van der Waals surface area (Å²) in [7, 11) is 1.65. The largest absolute Gasteiger partial charge is 0.438 e. The van der Waals surface area contributed by atoms with Crippen LogP contribution in [0.25, 0.3) is 0 Å². The Hall–Kier alpha value is -2.14. The van der Waals surface area contributed by atoms with Crippen LogP contribution in [0.2, 0.25) is 0 Å². The number of hydrogen-bond donors (Lipinski definition) is 1. The highest BCUT2D eigenvalue weighted by atomic mass is 16.5. The normalized spacial score (nSPS) is 10.2. The minimum absolute atomic E-state index is 0.366. The summed E-state index contributed by atoms with van der Waals surface area (Å²) in [6.07, 6.45) is 0. The van der Waals surface area contributed by atoms with Crippen LogP contribution < -0.4 is 10.5 Å². The molecule has 0 amide bonds. The van der Waals surface area contributed by atoms with Crippen molar-refractivity contribution >= 4 is 5.82 Å². The van der Waals surface area contributed by atoms with Gasteiger partial charge in [-0.3, -0.25) is 0 Å². The van der Waals surface area contributed by atoms with E-state index in [1.807, 2.05) is 24.3 Å². The molecule has 0 fully saturated rings. The fourth-order valence-electron chi connectivity index (χ4n) is 1.37. The van der Waals surface area contributed by atoms with Crippen molar-refractivity contribution in [1.29, 1.82) is 0 Å². The first-order valence-corrected chi connectivity index (χ1v) is 5.13. The molecular weight excluding hydrogens is 218 g/mol. The molecule has 1 heterocycles. The zero-order valence-corrected chi connectivity index (χ0v) is 9.46. The van der Waals surface area contributed by atoms with Gasteiger partial charge in [0, 0.05) is 13.2 Å². The maximum Gasteiger partial charge on any atom is 0.238 e. The van der Waals surface area contributed by atoms with Crippen LogP contribution in [0.5, 0.6) is 11.6 Å². The SMILES string of the molecule is COCc1cccc(Oc2ccc(N)nn2)c1. The van der Waals surface area contributed by atoms with Gasteiger partial charge in [0.15, 0.2) is 0 Å². The predicted octanol–water partition coefficient (Wildman–Crippen LogP) is 2.00. The number of nitrogens with zero attached hydrogens (tertiary/aromatic N) is 2. The summed E-state index contributed by atoms with van der Waals surface area (Å²) in [6.45, 7) is 0.546. The van der Waals surface area contributed by atoms with Crippen LogP contribution >= 0.6 is 0 Å². The molecule has 0 aliphatic carbocycles. The van der Waals surface area contributed by atoms with Crippen molar-refractivity contribution in [3.63, 3.8) is 0 Å². The van der Waals surface area contributed by atoms with E-state index < -0.39 is 0 Å². The number of nitrogens with two attached hydrogens (primary N) is 1. The Bertz CT molecular complexity index is 485. The highest BCUT2D eigenvalue weighted by Gasteiger charge is 2.00. The molecule has 0 atom stereocenters. The Balaban J connectivity index is 2.12. The maximum atomic E-state index is 5.54. The number of hydrogen-bond acceptors (Lipinski definition) is 5. The van der Waals surface area contributed by atoms with Crippen molar-refractivity contribution in [2.45, 2.75) is 6.61 Å². The molecule has 5 heteroatoms. The quantitative estimate of drug-likeness (QED) is 0.871. The molecule has 17 heavy (non-hydrogen) atoms. The topological polar surface area (TPSA) is 70.3 Å². The minimum atomic E-state index is 0.366. The lowest BCUT2D eigenvalue weighted by atomic mass is 10.2. The molecule has 0 aliphatic heterocycles. The zero-order chi connectivity index (χ0) is 12.1. The van der Waals surface area contributed by atoms with Gasteiger partial charge in [-0.05, 0) is 23.8 Å². The van der Waals surface area contributed by atoms with Gasteiger partial charge in [0.2, 0.25) is 5.88 Å². The van der Waals surface area contributed by atoms with Crippen molar-refractivity contribution in [1.82, 2.24) is 10.2 Å². The Morgan fingerprint density at radius 3 is 2.76 bits per heavy atom. The third kappa shape index (κ3) is 3.15. The van der Waals surface area contributed by atoms with Gasteiger partial charge in [-0.25, -0.2) is 0 Å². The molecule has 2 N–H and O–H groups in total. The molecule has 0 saturated heterocycles. The van der Waals surface area contributed by atoms with Gasteiger partial charge in [-0.1, -0.05) is 12.1 Å². The van der Waals surface area contributed by atoms with E-state index in [2.05, 4.69) is 10.2 Å². The third-order valence-corrected chi connectivity index (χ3v) is 2.09. The van der Waals surface area contributed by atoms with Crippen molar-refractivity contribution in [2.75, 3.05) is 12.8 Å². The van der Waals surface area contributed by atoms with E-state index >= 15 is 0 Å². The Morgan fingerprint density at radius 1 is 1.18 bits per heavy atom. The second kappa shape index (κ2) is 5.27. The number of rotatable bonds is 4. The Kier molecular flexibility index (Phi) is 3.52. The van der Waals surface area contributed by atoms with Gasteiger partial charge >= 0.3 is 0 Å². The molecule has 88 valence electrons. The number of ether oxygens (including phenoxy) is 2. The Labute approximate surface area is 99.2 Å². The number of methoxy groups -OCH3 is 1. The maximum absolute atomic E-state index is 5.54. The molecule has 0 radical (unpaired) electrons.